The predicted octanol–water partition coefficient (Wildman–Crippen LogP) is 3.25. The third-order valence-corrected chi connectivity index (χ3v) is 5.48. The van der Waals surface area contributed by atoms with Crippen LogP contribution < -0.4 is 10.6 Å². The SMILES string of the molecule is CC1CCC(NC(=O)COC(=O)CSCC(=O)Nc2ccc(Cl)cc2)CC1. The van der Waals surface area contributed by atoms with Crippen LogP contribution in [0.4, 0.5) is 5.69 Å². The lowest BCUT2D eigenvalue weighted by Crippen LogP contribution is -2.39. The van der Waals surface area contributed by atoms with E-state index in [2.05, 4.69) is 17.6 Å². The number of hydrogen-bond donors (Lipinski definition) is 2. The molecule has 1 saturated carbocycles. The molecular weight excluding hydrogens is 388 g/mol. The van der Waals surface area contributed by atoms with Crippen molar-refractivity contribution in [1.29, 1.82) is 0 Å². The number of ether oxygens (including phenoxy) is 1. The molecule has 0 unspecified atom stereocenters. The molecular formula is C19H25ClN2O4S. The van der Waals surface area contributed by atoms with E-state index in [0.717, 1.165) is 37.4 Å². The average Bonchev–Trinajstić information content (AvgIpc) is 2.64. The largest absolute Gasteiger partial charge is 0.455 e. The zero-order chi connectivity index (χ0) is 19.6. The first kappa shape index (κ1) is 21.6. The van der Waals surface area contributed by atoms with Crippen LogP contribution in [-0.2, 0) is 19.1 Å². The topological polar surface area (TPSA) is 84.5 Å². The van der Waals surface area contributed by atoms with Crippen LogP contribution in [0.1, 0.15) is 32.6 Å². The Kier molecular flexibility index (Phi) is 8.94. The lowest BCUT2D eigenvalue weighted by atomic mass is 9.87. The minimum atomic E-state index is -0.508. The van der Waals surface area contributed by atoms with Gasteiger partial charge in [0.1, 0.15) is 0 Å². The summed E-state index contributed by atoms with van der Waals surface area (Å²) in [4.78, 5) is 35.3. The van der Waals surface area contributed by atoms with Gasteiger partial charge in [-0.15, -0.1) is 11.8 Å². The van der Waals surface area contributed by atoms with Gasteiger partial charge >= 0.3 is 5.97 Å². The Morgan fingerprint density at radius 1 is 1.07 bits per heavy atom. The summed E-state index contributed by atoms with van der Waals surface area (Å²) in [5, 5.41) is 6.20. The van der Waals surface area contributed by atoms with Crippen molar-refractivity contribution in [3.05, 3.63) is 29.3 Å². The van der Waals surface area contributed by atoms with Gasteiger partial charge in [0.2, 0.25) is 5.91 Å². The standard InChI is InChI=1S/C19H25ClN2O4S/c1-13-2-6-15(7-3-13)21-17(23)10-26-19(25)12-27-11-18(24)22-16-8-4-14(20)5-9-16/h4-5,8-9,13,15H,2-3,6-7,10-12H2,1H3,(H,21,23)(H,22,24). The van der Waals surface area contributed by atoms with Gasteiger partial charge in [-0.3, -0.25) is 14.4 Å². The van der Waals surface area contributed by atoms with E-state index >= 15 is 0 Å². The molecule has 8 heteroatoms. The van der Waals surface area contributed by atoms with Gasteiger partial charge in [-0.2, -0.15) is 0 Å². The van der Waals surface area contributed by atoms with Crippen LogP contribution in [0.15, 0.2) is 24.3 Å². The van der Waals surface area contributed by atoms with Crippen molar-refractivity contribution in [1.82, 2.24) is 5.32 Å². The molecule has 2 rings (SSSR count). The van der Waals surface area contributed by atoms with E-state index in [4.69, 9.17) is 16.3 Å². The second-order valence-corrected chi connectivity index (χ2v) is 8.15. The van der Waals surface area contributed by atoms with E-state index in [1.165, 1.54) is 0 Å². The summed E-state index contributed by atoms with van der Waals surface area (Å²) in [5.41, 5.74) is 0.640. The first-order valence-corrected chi connectivity index (χ1v) is 10.5. The summed E-state index contributed by atoms with van der Waals surface area (Å²) >= 11 is 6.92. The number of esters is 1. The third kappa shape index (κ3) is 8.67. The van der Waals surface area contributed by atoms with Gasteiger partial charge < -0.3 is 15.4 Å². The molecule has 0 atom stereocenters. The molecule has 148 valence electrons. The van der Waals surface area contributed by atoms with Crippen LogP contribution in [0.25, 0.3) is 0 Å². The van der Waals surface area contributed by atoms with Gasteiger partial charge in [0, 0.05) is 16.8 Å². The van der Waals surface area contributed by atoms with Crippen molar-refractivity contribution < 1.29 is 19.1 Å². The number of amides is 2. The molecule has 2 N–H and O–H groups in total. The highest BCUT2D eigenvalue weighted by atomic mass is 35.5. The quantitative estimate of drug-likeness (QED) is 0.640. The zero-order valence-electron chi connectivity index (χ0n) is 15.3. The number of thioether (sulfide) groups is 1. The second kappa shape index (κ2) is 11.2. The highest BCUT2D eigenvalue weighted by Crippen LogP contribution is 2.23. The van der Waals surface area contributed by atoms with Gasteiger partial charge in [0.05, 0.1) is 11.5 Å². The number of nitrogens with one attached hydrogen (secondary N) is 2. The highest BCUT2D eigenvalue weighted by Gasteiger charge is 2.20. The molecule has 0 aromatic heterocycles. The lowest BCUT2D eigenvalue weighted by Gasteiger charge is -2.26. The minimum Gasteiger partial charge on any atom is -0.455 e. The fourth-order valence-electron chi connectivity index (χ4n) is 2.82. The maximum atomic E-state index is 11.8. The van der Waals surface area contributed by atoms with E-state index in [0.29, 0.717) is 16.6 Å². The molecule has 0 bridgehead atoms. The molecule has 0 spiro atoms. The van der Waals surface area contributed by atoms with E-state index in [9.17, 15) is 14.4 Å². The van der Waals surface area contributed by atoms with Crippen molar-refractivity contribution in [2.24, 2.45) is 5.92 Å². The fourth-order valence-corrected chi connectivity index (χ4v) is 3.55. The molecule has 1 aromatic rings. The second-order valence-electron chi connectivity index (χ2n) is 6.73. The van der Waals surface area contributed by atoms with Crippen molar-refractivity contribution in [2.45, 2.75) is 38.6 Å². The fraction of sp³-hybridized carbons (Fsp3) is 0.526. The first-order chi connectivity index (χ1) is 12.9. The molecule has 27 heavy (non-hydrogen) atoms. The predicted molar refractivity (Wildman–Crippen MR) is 108 cm³/mol. The number of anilines is 1. The summed E-state index contributed by atoms with van der Waals surface area (Å²) in [6, 6.07) is 6.94. The number of halogens is 1. The normalized spacial score (nSPS) is 19.2. The van der Waals surface area contributed by atoms with E-state index in [1.54, 1.807) is 24.3 Å². The van der Waals surface area contributed by atoms with Crippen molar-refractivity contribution >= 4 is 46.8 Å². The van der Waals surface area contributed by atoms with Crippen LogP contribution in [0.2, 0.25) is 5.02 Å². The molecule has 1 fully saturated rings. The molecule has 0 aliphatic heterocycles. The Balaban J connectivity index is 1.55. The molecule has 0 heterocycles. The monoisotopic (exact) mass is 412 g/mol. The van der Waals surface area contributed by atoms with Gasteiger partial charge in [0.15, 0.2) is 6.61 Å². The van der Waals surface area contributed by atoms with Gasteiger partial charge in [-0.1, -0.05) is 18.5 Å². The van der Waals surface area contributed by atoms with Crippen LogP contribution in [0.5, 0.6) is 0 Å². The van der Waals surface area contributed by atoms with Crippen molar-refractivity contribution in [2.75, 3.05) is 23.4 Å². The number of rotatable bonds is 8. The van der Waals surface area contributed by atoms with Gasteiger partial charge in [0.25, 0.3) is 5.91 Å². The summed E-state index contributed by atoms with van der Waals surface area (Å²) in [6.45, 7) is 1.94. The van der Waals surface area contributed by atoms with Gasteiger partial charge in [-0.05, 0) is 55.9 Å². The molecule has 0 radical (unpaired) electrons. The number of carbonyl (C=O) groups is 3. The summed E-state index contributed by atoms with van der Waals surface area (Å²) in [5.74, 6) is -0.156. The number of carbonyl (C=O) groups excluding carboxylic acids is 3. The Hall–Kier alpha value is -1.73. The first-order valence-electron chi connectivity index (χ1n) is 9.00. The lowest BCUT2D eigenvalue weighted by molar-refractivity contribution is -0.146. The molecule has 0 saturated heterocycles. The average molecular weight is 413 g/mol. The van der Waals surface area contributed by atoms with E-state index < -0.39 is 5.97 Å². The number of benzene rings is 1. The Labute approximate surface area is 168 Å². The van der Waals surface area contributed by atoms with Gasteiger partial charge in [-0.25, -0.2) is 0 Å². The number of hydrogen-bond acceptors (Lipinski definition) is 5. The zero-order valence-corrected chi connectivity index (χ0v) is 16.9. The summed E-state index contributed by atoms with van der Waals surface area (Å²) in [7, 11) is 0. The van der Waals surface area contributed by atoms with Crippen molar-refractivity contribution in [3.8, 4) is 0 Å². The molecule has 1 aromatic carbocycles. The smallest absolute Gasteiger partial charge is 0.316 e. The Morgan fingerprint density at radius 2 is 1.74 bits per heavy atom. The molecule has 1 aliphatic rings. The maximum Gasteiger partial charge on any atom is 0.316 e. The van der Waals surface area contributed by atoms with E-state index in [-0.39, 0.29) is 36.0 Å². The summed E-state index contributed by atoms with van der Waals surface area (Å²) < 4.78 is 4.96. The highest BCUT2D eigenvalue weighted by molar-refractivity contribution is 8.00. The third-order valence-electron chi connectivity index (χ3n) is 4.33. The maximum absolute atomic E-state index is 11.8. The van der Waals surface area contributed by atoms with E-state index in [1.807, 2.05) is 0 Å². The van der Waals surface area contributed by atoms with Crippen LogP contribution in [-0.4, -0.2) is 41.9 Å². The van der Waals surface area contributed by atoms with Crippen LogP contribution in [0.3, 0.4) is 0 Å². The Bertz CT molecular complexity index is 646. The molecule has 2 amide bonds. The molecule has 6 nitrogen and oxygen atoms in total. The van der Waals surface area contributed by atoms with Crippen LogP contribution in [0, 0.1) is 5.92 Å². The molecule has 1 aliphatic carbocycles. The van der Waals surface area contributed by atoms with Crippen LogP contribution >= 0.6 is 23.4 Å². The minimum absolute atomic E-state index is 0.0161. The van der Waals surface area contributed by atoms with Crippen molar-refractivity contribution in [3.63, 3.8) is 0 Å². The summed E-state index contributed by atoms with van der Waals surface area (Å²) in [6.07, 6.45) is 4.16. The Morgan fingerprint density at radius 3 is 2.41 bits per heavy atom.